The Labute approximate surface area is 82.0 Å². The van der Waals surface area contributed by atoms with Gasteiger partial charge in [0, 0.05) is 11.8 Å². The van der Waals surface area contributed by atoms with E-state index in [-0.39, 0.29) is 0 Å². The van der Waals surface area contributed by atoms with Crippen LogP contribution in [0.3, 0.4) is 0 Å². The van der Waals surface area contributed by atoms with Crippen molar-refractivity contribution in [3.63, 3.8) is 0 Å². The van der Waals surface area contributed by atoms with Crippen LogP contribution in [0.1, 0.15) is 0 Å². The van der Waals surface area contributed by atoms with Crippen LogP contribution in [0.25, 0.3) is 16.0 Å². The van der Waals surface area contributed by atoms with Crippen molar-refractivity contribution in [2.45, 2.75) is 0 Å². The molecule has 0 aliphatic heterocycles. The molecule has 0 atom stereocenters. The van der Waals surface area contributed by atoms with Gasteiger partial charge in [-0.05, 0) is 5.56 Å². The van der Waals surface area contributed by atoms with Gasteiger partial charge < -0.3 is 10.7 Å². The van der Waals surface area contributed by atoms with Gasteiger partial charge in [0.05, 0.1) is 12.4 Å². The minimum atomic E-state index is 0.544. The van der Waals surface area contributed by atoms with Crippen LogP contribution in [-0.2, 0) is 0 Å². The zero-order chi connectivity index (χ0) is 9.97. The minimum absolute atomic E-state index is 0.544. The number of benzene rings is 1. The summed E-state index contributed by atoms with van der Waals surface area (Å²) >= 11 is 0. The first-order valence-electron chi connectivity index (χ1n) is 4.22. The molecule has 0 bridgehead atoms. The van der Waals surface area contributed by atoms with E-state index in [4.69, 9.17) is 12.3 Å². The summed E-state index contributed by atoms with van der Waals surface area (Å²) in [5.74, 6) is 0.544. The van der Waals surface area contributed by atoms with Crippen molar-refractivity contribution in [2.75, 3.05) is 5.73 Å². The molecule has 0 saturated heterocycles. The molecule has 3 nitrogen and oxygen atoms in total. The van der Waals surface area contributed by atoms with Crippen molar-refractivity contribution in [2.24, 2.45) is 0 Å². The maximum atomic E-state index is 7.00. The van der Waals surface area contributed by atoms with Gasteiger partial charge in [-0.3, -0.25) is 0 Å². The summed E-state index contributed by atoms with van der Waals surface area (Å²) in [6, 6.07) is 9.66. The summed E-state index contributed by atoms with van der Waals surface area (Å²) < 4.78 is 0. The van der Waals surface area contributed by atoms with Gasteiger partial charge >= 0.3 is 0 Å². The number of hydrogen-bond donors (Lipinski definition) is 2. The van der Waals surface area contributed by atoms with E-state index in [1.807, 2.05) is 30.3 Å². The number of nitrogens with two attached hydrogens (primary N) is 1. The summed E-state index contributed by atoms with van der Waals surface area (Å²) in [6.45, 7) is 7.00. The third-order valence-corrected chi connectivity index (χ3v) is 2.07. The zero-order valence-corrected chi connectivity index (χ0v) is 7.49. The second kappa shape index (κ2) is 3.27. The van der Waals surface area contributed by atoms with E-state index >= 15 is 0 Å². The molecule has 0 spiro atoms. The summed E-state index contributed by atoms with van der Waals surface area (Å²) in [6.07, 6.45) is 1.63. The Morgan fingerprint density at radius 2 is 1.93 bits per heavy atom. The average Bonchev–Trinajstić information content (AvgIpc) is 2.61. The Morgan fingerprint density at radius 1 is 1.21 bits per heavy atom. The molecule has 0 fully saturated rings. The number of anilines is 1. The lowest BCUT2D eigenvalue weighted by Gasteiger charge is -2.00. The van der Waals surface area contributed by atoms with Crippen LogP contribution in [0, 0.1) is 6.57 Å². The van der Waals surface area contributed by atoms with E-state index in [0.29, 0.717) is 11.5 Å². The first-order chi connectivity index (χ1) is 6.83. The maximum Gasteiger partial charge on any atom is 0.213 e. The van der Waals surface area contributed by atoms with Gasteiger partial charge in [-0.25, -0.2) is 4.85 Å². The smallest absolute Gasteiger partial charge is 0.213 e. The first-order valence-corrected chi connectivity index (χ1v) is 4.22. The lowest BCUT2D eigenvalue weighted by atomic mass is 10.1. The number of aromatic nitrogens is 1. The SMILES string of the molecule is [C-]#[N+]c1c[nH]c(N)c1-c1ccccc1. The van der Waals surface area contributed by atoms with E-state index in [1.165, 1.54) is 0 Å². The molecular weight excluding hydrogens is 174 g/mol. The van der Waals surface area contributed by atoms with Gasteiger partial charge in [-0.15, -0.1) is 0 Å². The van der Waals surface area contributed by atoms with Gasteiger partial charge in [0.15, 0.2) is 0 Å². The standard InChI is InChI=1S/C11H9N3/c1-13-9-7-14-11(12)10(9)8-5-3-2-4-6-8/h2-7,14H,12H2. The largest absolute Gasteiger partial charge is 0.386 e. The average molecular weight is 183 g/mol. The molecule has 0 saturated carbocycles. The predicted octanol–water partition coefficient (Wildman–Crippen LogP) is 2.81. The predicted molar refractivity (Wildman–Crippen MR) is 56.9 cm³/mol. The molecule has 0 unspecified atom stereocenters. The van der Waals surface area contributed by atoms with Crippen molar-refractivity contribution in [3.8, 4) is 11.1 Å². The van der Waals surface area contributed by atoms with Crippen molar-refractivity contribution in [1.82, 2.24) is 4.98 Å². The summed E-state index contributed by atoms with van der Waals surface area (Å²) in [5.41, 5.74) is 8.08. The number of rotatable bonds is 1. The number of aromatic amines is 1. The number of nitrogen functional groups attached to an aromatic ring is 1. The van der Waals surface area contributed by atoms with E-state index < -0.39 is 0 Å². The van der Waals surface area contributed by atoms with E-state index in [9.17, 15) is 0 Å². The highest BCUT2D eigenvalue weighted by Gasteiger charge is 2.09. The minimum Gasteiger partial charge on any atom is -0.386 e. The van der Waals surface area contributed by atoms with Crippen LogP contribution in [-0.4, -0.2) is 4.98 Å². The van der Waals surface area contributed by atoms with Crippen LogP contribution in [0.4, 0.5) is 11.5 Å². The lowest BCUT2D eigenvalue weighted by molar-refractivity contribution is 1.42. The molecule has 3 N–H and O–H groups in total. The first kappa shape index (κ1) is 8.39. The fraction of sp³-hybridized carbons (Fsp3) is 0. The monoisotopic (exact) mass is 183 g/mol. The molecule has 3 heteroatoms. The Kier molecular flexibility index (Phi) is 1.96. The number of nitrogens with zero attached hydrogens (tertiary/aromatic N) is 1. The van der Waals surface area contributed by atoms with Crippen molar-refractivity contribution in [3.05, 3.63) is 47.9 Å². The molecule has 1 aromatic carbocycles. The molecular formula is C11H9N3. The highest BCUT2D eigenvalue weighted by molar-refractivity contribution is 5.86. The maximum absolute atomic E-state index is 7.00. The second-order valence-electron chi connectivity index (χ2n) is 2.94. The fourth-order valence-electron chi connectivity index (χ4n) is 1.42. The summed E-state index contributed by atoms with van der Waals surface area (Å²) in [7, 11) is 0. The van der Waals surface area contributed by atoms with E-state index in [0.717, 1.165) is 11.1 Å². The van der Waals surface area contributed by atoms with Crippen molar-refractivity contribution in [1.29, 1.82) is 0 Å². The molecule has 14 heavy (non-hydrogen) atoms. The zero-order valence-electron chi connectivity index (χ0n) is 7.49. The van der Waals surface area contributed by atoms with E-state index in [1.54, 1.807) is 6.20 Å². The summed E-state index contributed by atoms with van der Waals surface area (Å²) in [5, 5.41) is 0. The van der Waals surface area contributed by atoms with Gasteiger partial charge in [0.1, 0.15) is 0 Å². The van der Waals surface area contributed by atoms with Gasteiger partial charge in [-0.2, -0.15) is 0 Å². The van der Waals surface area contributed by atoms with Gasteiger partial charge in [0.25, 0.3) is 0 Å². The Hall–Kier alpha value is -2.21. The van der Waals surface area contributed by atoms with Crippen LogP contribution < -0.4 is 5.73 Å². The fourth-order valence-corrected chi connectivity index (χ4v) is 1.42. The van der Waals surface area contributed by atoms with Crippen molar-refractivity contribution < 1.29 is 0 Å². The molecule has 1 heterocycles. The summed E-state index contributed by atoms with van der Waals surface area (Å²) in [4.78, 5) is 6.26. The quantitative estimate of drug-likeness (QED) is 0.656. The van der Waals surface area contributed by atoms with Crippen LogP contribution in [0.5, 0.6) is 0 Å². The normalized spacial score (nSPS) is 9.64. The molecule has 0 amide bonds. The highest BCUT2D eigenvalue weighted by atomic mass is 14.9. The molecule has 2 aromatic rings. The van der Waals surface area contributed by atoms with Crippen LogP contribution in [0.2, 0.25) is 0 Å². The number of H-pyrrole nitrogens is 1. The second-order valence-corrected chi connectivity index (χ2v) is 2.94. The van der Waals surface area contributed by atoms with Crippen LogP contribution >= 0.6 is 0 Å². The molecule has 1 aromatic heterocycles. The van der Waals surface area contributed by atoms with Gasteiger partial charge in [0.2, 0.25) is 5.69 Å². The number of hydrogen-bond acceptors (Lipinski definition) is 1. The molecule has 2 rings (SSSR count). The molecule has 0 radical (unpaired) electrons. The Morgan fingerprint density at radius 3 is 2.57 bits per heavy atom. The molecule has 0 aliphatic rings. The Balaban J connectivity index is 2.63. The lowest BCUT2D eigenvalue weighted by Crippen LogP contribution is -1.86. The van der Waals surface area contributed by atoms with Crippen molar-refractivity contribution >= 4 is 11.5 Å². The highest BCUT2D eigenvalue weighted by Crippen LogP contribution is 2.34. The van der Waals surface area contributed by atoms with Crippen LogP contribution in [0.15, 0.2) is 36.5 Å². The van der Waals surface area contributed by atoms with Gasteiger partial charge in [-0.1, -0.05) is 30.3 Å². The Bertz CT molecular complexity index is 477. The topological polar surface area (TPSA) is 46.2 Å². The molecule has 0 aliphatic carbocycles. The van der Waals surface area contributed by atoms with E-state index in [2.05, 4.69) is 9.83 Å². The third kappa shape index (κ3) is 1.23. The number of nitrogens with one attached hydrogen (secondary N) is 1. The molecule has 68 valence electrons. The third-order valence-electron chi connectivity index (χ3n) is 2.07.